The normalized spacial score (nSPS) is 34.5. The summed E-state index contributed by atoms with van der Waals surface area (Å²) in [6.45, 7) is 21.1. The first-order chi connectivity index (χ1) is 19.6. The van der Waals surface area contributed by atoms with Crippen molar-refractivity contribution in [3.63, 3.8) is 0 Å². The van der Waals surface area contributed by atoms with Crippen molar-refractivity contribution in [3.8, 4) is 0 Å². The summed E-state index contributed by atoms with van der Waals surface area (Å²) in [5, 5.41) is 20.8. The molecule has 244 valence electrons. The zero-order valence-electron chi connectivity index (χ0n) is 29.1. The monoisotopic (exact) mass is 589 g/mol. The van der Waals surface area contributed by atoms with E-state index in [-0.39, 0.29) is 11.4 Å². The zero-order chi connectivity index (χ0) is 31.3. The molecule has 0 aromatic rings. The molecule has 8 atom stereocenters. The quantitative estimate of drug-likeness (QED) is 0.113. The molecule has 0 spiro atoms. The second-order valence-electron chi connectivity index (χ2n) is 16.4. The van der Waals surface area contributed by atoms with Crippen molar-refractivity contribution in [2.24, 2.45) is 39.9 Å². The number of hydrogen-bond acceptors (Lipinski definition) is 4. The summed E-state index contributed by atoms with van der Waals surface area (Å²) in [5.74, 6) is 2.50. The first-order valence-corrected chi connectivity index (χ1v) is 17.8. The van der Waals surface area contributed by atoms with Gasteiger partial charge in [0.05, 0.1) is 18.3 Å². The zero-order valence-corrected chi connectivity index (χ0v) is 29.1. The van der Waals surface area contributed by atoms with E-state index < -0.39 is 11.7 Å². The maximum absolute atomic E-state index is 12.4. The highest BCUT2D eigenvalue weighted by Crippen LogP contribution is 2.74. The minimum atomic E-state index is -1.03. The van der Waals surface area contributed by atoms with Crippen LogP contribution in [0.2, 0.25) is 0 Å². The predicted octanol–water partition coefficient (Wildman–Crippen LogP) is 9.80. The first kappa shape index (κ1) is 35.6. The Morgan fingerprint density at radius 3 is 2.31 bits per heavy atom. The van der Waals surface area contributed by atoms with Crippen molar-refractivity contribution in [2.75, 3.05) is 6.61 Å². The van der Waals surface area contributed by atoms with Crippen molar-refractivity contribution < 1.29 is 19.7 Å². The lowest BCUT2D eigenvalue weighted by Crippen LogP contribution is -2.57. The van der Waals surface area contributed by atoms with Gasteiger partial charge in [0, 0.05) is 6.42 Å². The van der Waals surface area contributed by atoms with Crippen LogP contribution < -0.4 is 0 Å². The molecule has 0 saturated heterocycles. The molecule has 3 rings (SSSR count). The number of unbranched alkanes of at least 4 members (excludes halogenated alkanes) is 4. The van der Waals surface area contributed by atoms with Crippen LogP contribution in [-0.4, -0.2) is 34.5 Å². The van der Waals surface area contributed by atoms with Crippen LogP contribution in [0.3, 0.4) is 0 Å². The summed E-state index contributed by atoms with van der Waals surface area (Å²) in [5.41, 5.74) is 3.08. The van der Waals surface area contributed by atoms with Crippen molar-refractivity contribution in [3.05, 3.63) is 11.1 Å². The fraction of sp³-hybridized carbons (Fsp3) is 0.921. The number of hydrogen-bond donors (Lipinski definition) is 2. The molecule has 3 fully saturated rings. The van der Waals surface area contributed by atoms with Gasteiger partial charge in [-0.2, -0.15) is 0 Å². The Kier molecular flexibility index (Phi) is 12.3. The molecule has 0 amide bonds. The van der Waals surface area contributed by atoms with Gasteiger partial charge < -0.3 is 14.9 Å². The topological polar surface area (TPSA) is 66.8 Å². The molecule has 0 heterocycles. The summed E-state index contributed by atoms with van der Waals surface area (Å²) in [6.07, 6.45) is 17.1. The van der Waals surface area contributed by atoms with E-state index in [0.29, 0.717) is 54.0 Å². The van der Waals surface area contributed by atoms with Gasteiger partial charge in [-0.05, 0) is 138 Å². The Hall–Kier alpha value is -0.870. The average Bonchev–Trinajstić information content (AvgIpc) is 3.19. The standard InChI is InChI=1S/C38H68O4/c1-10-11-12-13-14-17-34(40)42-26-15-16-31-29(27(2)3)19-20-32-36(31,7)24-25-37(8)30(22-23-38(32,37)9)28(4)18-21-33(39)35(5,6)41/h28,30-33,39,41H,10-26H2,1-9H3. The molecule has 42 heavy (non-hydrogen) atoms. The first-order valence-electron chi connectivity index (χ1n) is 17.8. The van der Waals surface area contributed by atoms with Crippen LogP contribution in [0.25, 0.3) is 0 Å². The average molecular weight is 589 g/mol. The van der Waals surface area contributed by atoms with E-state index in [1.165, 1.54) is 63.4 Å². The Labute approximate surface area is 259 Å². The van der Waals surface area contributed by atoms with Gasteiger partial charge in [-0.15, -0.1) is 0 Å². The number of carbonyl (C=O) groups is 1. The summed E-state index contributed by atoms with van der Waals surface area (Å²) in [4.78, 5) is 12.4. The summed E-state index contributed by atoms with van der Waals surface area (Å²) in [7, 11) is 0. The van der Waals surface area contributed by atoms with E-state index in [0.717, 1.165) is 32.1 Å². The van der Waals surface area contributed by atoms with Crippen molar-refractivity contribution in [2.45, 2.75) is 177 Å². The largest absolute Gasteiger partial charge is 0.466 e. The highest BCUT2D eigenvalue weighted by atomic mass is 16.5. The number of rotatable bonds is 15. The SMILES string of the molecule is CCCCCCCC(=O)OCCCC1C(=C(C)C)CCC2C1(C)CCC1(C)C(C(C)CCC(O)C(C)(C)O)CCC21C. The number of fused-ring (bicyclic) bond motifs is 3. The van der Waals surface area contributed by atoms with Gasteiger partial charge >= 0.3 is 5.97 Å². The molecule has 0 radical (unpaired) electrons. The third kappa shape index (κ3) is 7.49. The number of esters is 1. The summed E-state index contributed by atoms with van der Waals surface area (Å²) >= 11 is 0. The molecule has 0 bridgehead atoms. The smallest absolute Gasteiger partial charge is 0.305 e. The summed E-state index contributed by atoms with van der Waals surface area (Å²) < 4.78 is 5.72. The van der Waals surface area contributed by atoms with Gasteiger partial charge in [-0.1, -0.05) is 71.4 Å². The van der Waals surface area contributed by atoms with Crippen molar-refractivity contribution in [1.82, 2.24) is 0 Å². The van der Waals surface area contributed by atoms with E-state index in [9.17, 15) is 15.0 Å². The van der Waals surface area contributed by atoms with Crippen LogP contribution in [0.1, 0.15) is 165 Å². The molecule has 4 nitrogen and oxygen atoms in total. The number of carbonyl (C=O) groups excluding carboxylic acids is 1. The molecule has 0 aliphatic heterocycles. The fourth-order valence-electron chi connectivity index (χ4n) is 10.3. The van der Waals surface area contributed by atoms with Gasteiger partial charge in [0.2, 0.25) is 0 Å². The molecule has 8 unspecified atom stereocenters. The molecule has 0 aromatic carbocycles. The minimum Gasteiger partial charge on any atom is -0.466 e. The third-order valence-corrected chi connectivity index (χ3v) is 13.2. The summed E-state index contributed by atoms with van der Waals surface area (Å²) in [6, 6.07) is 0. The van der Waals surface area contributed by atoms with Crippen LogP contribution >= 0.6 is 0 Å². The lowest BCUT2D eigenvalue weighted by Gasteiger charge is -2.65. The van der Waals surface area contributed by atoms with E-state index >= 15 is 0 Å². The molecular weight excluding hydrogens is 520 g/mol. The molecular formula is C38H68O4. The highest BCUT2D eigenvalue weighted by molar-refractivity contribution is 5.69. The molecule has 2 N–H and O–H groups in total. The molecule has 4 heteroatoms. The van der Waals surface area contributed by atoms with E-state index in [2.05, 4.69) is 48.5 Å². The van der Waals surface area contributed by atoms with E-state index in [4.69, 9.17) is 4.74 Å². The lowest BCUT2D eigenvalue weighted by molar-refractivity contribution is -0.147. The predicted molar refractivity (Wildman–Crippen MR) is 175 cm³/mol. The number of allylic oxidation sites excluding steroid dienone is 2. The fourth-order valence-corrected chi connectivity index (χ4v) is 10.3. The molecule has 3 aliphatic rings. The van der Waals surface area contributed by atoms with Gasteiger partial charge in [-0.25, -0.2) is 0 Å². The van der Waals surface area contributed by atoms with Crippen LogP contribution in [0, 0.1) is 39.9 Å². The van der Waals surface area contributed by atoms with Crippen molar-refractivity contribution >= 4 is 5.97 Å². The maximum Gasteiger partial charge on any atom is 0.305 e. The van der Waals surface area contributed by atoms with Crippen LogP contribution in [0.4, 0.5) is 0 Å². The third-order valence-electron chi connectivity index (χ3n) is 13.2. The highest BCUT2D eigenvalue weighted by Gasteiger charge is 2.66. The number of aliphatic hydroxyl groups is 2. The van der Waals surface area contributed by atoms with Crippen LogP contribution in [0.5, 0.6) is 0 Å². The second-order valence-corrected chi connectivity index (χ2v) is 16.4. The Morgan fingerprint density at radius 1 is 0.976 bits per heavy atom. The van der Waals surface area contributed by atoms with E-state index in [1.807, 2.05) is 0 Å². The second kappa shape index (κ2) is 14.5. The number of ether oxygens (including phenoxy) is 1. The van der Waals surface area contributed by atoms with Gasteiger partial charge in [0.25, 0.3) is 0 Å². The van der Waals surface area contributed by atoms with Crippen molar-refractivity contribution in [1.29, 1.82) is 0 Å². The Morgan fingerprint density at radius 2 is 1.67 bits per heavy atom. The number of aliphatic hydroxyl groups excluding tert-OH is 1. The maximum atomic E-state index is 12.4. The van der Waals surface area contributed by atoms with Crippen LogP contribution in [-0.2, 0) is 9.53 Å². The van der Waals surface area contributed by atoms with E-state index in [1.54, 1.807) is 19.4 Å². The Bertz CT molecular complexity index is 913. The van der Waals surface area contributed by atoms with Gasteiger partial charge in [0.15, 0.2) is 0 Å². The van der Waals surface area contributed by atoms with Crippen LogP contribution in [0.15, 0.2) is 11.1 Å². The minimum absolute atomic E-state index is 0.0104. The lowest BCUT2D eigenvalue weighted by atomic mass is 9.40. The van der Waals surface area contributed by atoms with Gasteiger partial charge in [0.1, 0.15) is 0 Å². The van der Waals surface area contributed by atoms with Gasteiger partial charge in [-0.3, -0.25) is 4.79 Å². The Balaban J connectivity index is 1.67. The molecule has 3 aliphatic carbocycles. The molecule has 3 saturated carbocycles. The molecule has 0 aromatic heterocycles.